The molecule has 41 heavy (non-hydrogen) atoms. The first-order valence-corrected chi connectivity index (χ1v) is 12.7. The Hall–Kier alpha value is -4.28. The normalized spacial score (nSPS) is 20.4. The lowest BCUT2D eigenvalue weighted by atomic mass is 9.89. The number of carbonyl (C=O) groups is 1. The van der Waals surface area contributed by atoms with Gasteiger partial charge in [0.05, 0.1) is 46.0 Å². The van der Waals surface area contributed by atoms with Crippen LogP contribution in [-0.4, -0.2) is 49.1 Å². The summed E-state index contributed by atoms with van der Waals surface area (Å²) in [5.41, 5.74) is -0.879. The van der Waals surface area contributed by atoms with Gasteiger partial charge in [-0.2, -0.15) is 13.2 Å². The van der Waals surface area contributed by atoms with Crippen molar-refractivity contribution < 1.29 is 45.2 Å². The summed E-state index contributed by atoms with van der Waals surface area (Å²) in [5, 5.41) is 9.89. The number of para-hydroxylation sites is 1. The molecule has 216 valence electrons. The number of aliphatic imine (C=N–C) groups is 1. The first-order valence-electron chi connectivity index (χ1n) is 15.7. The van der Waals surface area contributed by atoms with Crippen LogP contribution in [0.1, 0.15) is 56.1 Å². The Morgan fingerprint density at radius 1 is 1.07 bits per heavy atom. The topological polar surface area (TPSA) is 74.6 Å². The van der Waals surface area contributed by atoms with Gasteiger partial charge in [0.2, 0.25) is 5.96 Å². The number of benzene rings is 3. The second kappa shape index (κ2) is 11.3. The summed E-state index contributed by atoms with van der Waals surface area (Å²) in [4.78, 5) is 19.5. The number of guanidine groups is 1. The van der Waals surface area contributed by atoms with Gasteiger partial charge in [-0.3, -0.25) is 4.79 Å². The molecular formula is C30H29F4N3O4. The Morgan fingerprint density at radius 2 is 1.83 bits per heavy atom. The molecule has 2 heterocycles. The molecule has 1 atom stereocenters. The molecule has 0 unspecified atom stereocenters. The molecule has 0 aromatic heterocycles. The molecule has 2 aliphatic heterocycles. The number of ether oxygens (including phenoxy) is 2. The fourth-order valence-corrected chi connectivity index (χ4v) is 5.43. The molecule has 3 aromatic carbocycles. The molecule has 3 aromatic rings. The summed E-state index contributed by atoms with van der Waals surface area (Å²) in [7, 11) is -5.72. The highest BCUT2D eigenvalue weighted by atomic mass is 19.4. The van der Waals surface area contributed by atoms with E-state index in [1.807, 2.05) is 6.07 Å². The van der Waals surface area contributed by atoms with Gasteiger partial charge >= 0.3 is 12.1 Å². The van der Waals surface area contributed by atoms with E-state index < -0.39 is 61.5 Å². The summed E-state index contributed by atoms with van der Waals surface area (Å²) in [6.07, 6.45) is -4.67. The van der Waals surface area contributed by atoms with Gasteiger partial charge in [0, 0.05) is 18.7 Å². The van der Waals surface area contributed by atoms with Crippen molar-refractivity contribution in [2.45, 2.75) is 37.4 Å². The van der Waals surface area contributed by atoms with Gasteiger partial charge in [0.25, 0.3) is 0 Å². The minimum Gasteiger partial charge on any atom is -0.497 e. The second-order valence-electron chi connectivity index (χ2n) is 9.79. The molecule has 1 N–H and O–H groups in total. The number of aliphatic carboxylic acids is 1. The van der Waals surface area contributed by atoms with Crippen molar-refractivity contribution in [2.75, 3.05) is 32.1 Å². The predicted molar refractivity (Wildman–Crippen MR) is 146 cm³/mol. The lowest BCUT2D eigenvalue weighted by molar-refractivity contribution is -0.138. The summed E-state index contributed by atoms with van der Waals surface area (Å²) in [6, 6.07) is 11.3. The van der Waals surface area contributed by atoms with Crippen molar-refractivity contribution in [3.8, 4) is 11.5 Å². The molecule has 11 heteroatoms. The second-order valence-corrected chi connectivity index (χ2v) is 9.79. The monoisotopic (exact) mass is 577 g/mol. The average molecular weight is 578 g/mol. The molecule has 1 fully saturated rings. The number of nitrogens with zero attached hydrogens (tertiary/aromatic N) is 3. The average Bonchev–Trinajstić information content (AvgIpc) is 2.95. The van der Waals surface area contributed by atoms with Crippen LogP contribution in [0.3, 0.4) is 0 Å². The Morgan fingerprint density at radius 3 is 2.54 bits per heavy atom. The van der Waals surface area contributed by atoms with Crippen LogP contribution in [0, 0.1) is 5.82 Å². The Balaban J connectivity index is 1.59. The highest BCUT2D eigenvalue weighted by Crippen LogP contribution is 2.46. The zero-order valence-corrected chi connectivity index (χ0v) is 21.5. The maximum Gasteiger partial charge on any atom is 0.416 e. The molecule has 0 radical (unpaired) electrons. The number of likely N-dealkylation sites (tertiary alicyclic amines) is 1. The van der Waals surface area contributed by atoms with Crippen LogP contribution in [-0.2, 0) is 11.0 Å². The SMILES string of the molecule is [2H]C([2H])([2H])Oc1cccc(C2CCN(C3=Nc4c(F)cccc4[C@H](CC(=O)O)N3c3cc(C(F)(F)F)ccc3OC([2H])([2H])[2H])CC2)c1. The minimum absolute atomic E-state index is 0.0781. The third kappa shape index (κ3) is 5.66. The van der Waals surface area contributed by atoms with Crippen molar-refractivity contribution in [1.29, 1.82) is 0 Å². The summed E-state index contributed by atoms with van der Waals surface area (Å²) in [6.45, 7) is 0.449. The zero-order chi connectivity index (χ0) is 34.3. The smallest absolute Gasteiger partial charge is 0.416 e. The molecule has 0 saturated carbocycles. The van der Waals surface area contributed by atoms with Crippen molar-refractivity contribution in [1.82, 2.24) is 4.90 Å². The first kappa shape index (κ1) is 21.5. The fourth-order valence-electron chi connectivity index (χ4n) is 5.43. The van der Waals surface area contributed by atoms with E-state index in [2.05, 4.69) is 4.99 Å². The van der Waals surface area contributed by atoms with Gasteiger partial charge in [-0.05, 0) is 60.7 Å². The maximum atomic E-state index is 15.2. The molecular weight excluding hydrogens is 542 g/mol. The van der Waals surface area contributed by atoms with Gasteiger partial charge in [-0.25, -0.2) is 9.38 Å². The number of halogens is 4. The molecule has 0 aliphatic carbocycles. The number of carboxylic acid groups (broad SMARTS) is 1. The number of carboxylic acids is 1. The molecule has 0 amide bonds. The van der Waals surface area contributed by atoms with Crippen molar-refractivity contribution >= 4 is 23.3 Å². The predicted octanol–water partition coefficient (Wildman–Crippen LogP) is 6.76. The van der Waals surface area contributed by atoms with Crippen LogP contribution in [0.4, 0.5) is 28.9 Å². The van der Waals surface area contributed by atoms with Gasteiger partial charge in [-0.1, -0.05) is 24.3 Å². The van der Waals surface area contributed by atoms with Crippen LogP contribution in [0.15, 0.2) is 65.7 Å². The number of rotatable bonds is 6. The van der Waals surface area contributed by atoms with Crippen LogP contribution < -0.4 is 14.4 Å². The molecule has 5 rings (SSSR count). The molecule has 2 aliphatic rings. The number of anilines is 1. The quantitative estimate of drug-likeness (QED) is 0.326. The van der Waals surface area contributed by atoms with E-state index in [0.29, 0.717) is 25.0 Å². The van der Waals surface area contributed by atoms with Gasteiger partial charge in [0.1, 0.15) is 23.0 Å². The Bertz CT molecular complexity index is 1670. The Labute approximate surface area is 243 Å². The van der Waals surface area contributed by atoms with E-state index >= 15 is 4.39 Å². The lowest BCUT2D eigenvalue weighted by Gasteiger charge is -2.44. The number of methoxy groups -OCH3 is 2. The van der Waals surface area contributed by atoms with E-state index in [1.54, 1.807) is 17.0 Å². The van der Waals surface area contributed by atoms with E-state index in [1.165, 1.54) is 23.1 Å². The molecule has 0 spiro atoms. The number of fused-ring (bicyclic) bond motifs is 1. The lowest BCUT2D eigenvalue weighted by Crippen LogP contribution is -2.51. The van der Waals surface area contributed by atoms with Gasteiger partial charge in [0.15, 0.2) is 0 Å². The van der Waals surface area contributed by atoms with Gasteiger partial charge < -0.3 is 24.4 Å². The van der Waals surface area contributed by atoms with Crippen LogP contribution in [0.2, 0.25) is 0 Å². The Kier molecular flexibility index (Phi) is 5.92. The minimum atomic E-state index is -4.86. The van der Waals surface area contributed by atoms with Gasteiger partial charge in [-0.15, -0.1) is 0 Å². The number of alkyl halides is 3. The largest absolute Gasteiger partial charge is 0.497 e. The first-order chi connectivity index (χ1) is 21.9. The van der Waals surface area contributed by atoms with E-state index in [9.17, 15) is 23.1 Å². The fraction of sp³-hybridized carbons (Fsp3) is 0.333. The molecule has 1 saturated heterocycles. The van der Waals surface area contributed by atoms with Crippen LogP contribution >= 0.6 is 0 Å². The van der Waals surface area contributed by atoms with Crippen molar-refractivity contribution in [3.05, 3.63) is 83.2 Å². The highest BCUT2D eigenvalue weighted by Gasteiger charge is 2.40. The highest BCUT2D eigenvalue weighted by molar-refractivity contribution is 6.02. The van der Waals surface area contributed by atoms with E-state index in [4.69, 9.17) is 17.7 Å². The van der Waals surface area contributed by atoms with Crippen molar-refractivity contribution in [2.24, 2.45) is 4.99 Å². The van der Waals surface area contributed by atoms with Crippen LogP contribution in [0.5, 0.6) is 11.5 Å². The number of hydrogen-bond acceptors (Lipinski definition) is 6. The standard InChI is InChI=1S/C30H29F4N3O4/c1-40-21-6-3-5-19(15-21)18-11-13-36(14-12-18)29-35-28-22(7-4-8-23(28)31)24(17-27(38)39)37(29)25-16-20(30(32,33)34)9-10-26(25)41-2/h3-10,15-16,18,24H,11-14,17H2,1-2H3,(H,38,39)/t24-/m0/s1/i1D3,2D3. The molecule has 0 bridgehead atoms. The summed E-state index contributed by atoms with van der Waals surface area (Å²) >= 11 is 0. The molecule has 7 nitrogen and oxygen atoms in total. The summed E-state index contributed by atoms with van der Waals surface area (Å²) < 4.78 is 112. The van der Waals surface area contributed by atoms with E-state index in [0.717, 1.165) is 17.7 Å². The zero-order valence-electron chi connectivity index (χ0n) is 27.5. The van der Waals surface area contributed by atoms with Crippen molar-refractivity contribution in [3.63, 3.8) is 0 Å². The maximum absolute atomic E-state index is 15.2. The third-order valence-electron chi connectivity index (χ3n) is 7.36. The number of piperidine rings is 1. The summed E-state index contributed by atoms with van der Waals surface area (Å²) in [5.74, 6) is -2.63. The third-order valence-corrected chi connectivity index (χ3v) is 7.36. The number of hydrogen-bond donors (Lipinski definition) is 1. The van der Waals surface area contributed by atoms with Crippen LogP contribution in [0.25, 0.3) is 0 Å². The van der Waals surface area contributed by atoms with E-state index in [-0.39, 0.29) is 42.0 Å².